The van der Waals surface area contributed by atoms with Gasteiger partial charge in [0.05, 0.1) is 18.8 Å². The normalized spacial score (nSPS) is 11.5. The molecular weight excluding hydrogens is 226 g/mol. The highest BCUT2D eigenvalue weighted by Crippen LogP contribution is 2.17. The van der Waals surface area contributed by atoms with Crippen LogP contribution >= 0.6 is 11.3 Å². The second-order valence-electron chi connectivity index (χ2n) is 4.30. The summed E-state index contributed by atoms with van der Waals surface area (Å²) >= 11 is 1.47. The van der Waals surface area contributed by atoms with E-state index in [0.29, 0.717) is 12.1 Å². The van der Waals surface area contributed by atoms with Gasteiger partial charge in [-0.25, -0.2) is 0 Å². The Labute approximate surface area is 99.1 Å². The maximum Gasteiger partial charge on any atom is 0.254 e. The fraction of sp³-hybridized carbons (Fsp3) is 0.545. The Morgan fingerprint density at radius 2 is 2.12 bits per heavy atom. The molecule has 0 radical (unpaired) electrons. The van der Waals surface area contributed by atoms with Gasteiger partial charge in [-0.15, -0.1) is 0 Å². The van der Waals surface area contributed by atoms with Gasteiger partial charge in [0, 0.05) is 24.4 Å². The molecule has 0 fully saturated rings. The molecule has 16 heavy (non-hydrogen) atoms. The van der Waals surface area contributed by atoms with Gasteiger partial charge in [-0.1, -0.05) is 6.92 Å². The predicted molar refractivity (Wildman–Crippen MR) is 63.6 cm³/mol. The largest absolute Gasteiger partial charge is 0.396 e. The quantitative estimate of drug-likeness (QED) is 0.804. The second-order valence-corrected chi connectivity index (χ2v) is 5.08. The van der Waals surface area contributed by atoms with Crippen LogP contribution in [0.1, 0.15) is 17.3 Å². The highest BCUT2D eigenvalue weighted by Gasteiger charge is 2.26. The maximum absolute atomic E-state index is 11.9. The molecule has 1 heterocycles. The van der Waals surface area contributed by atoms with Crippen molar-refractivity contribution in [1.29, 1.82) is 0 Å². The Morgan fingerprint density at radius 3 is 2.56 bits per heavy atom. The van der Waals surface area contributed by atoms with Crippen LogP contribution in [0.5, 0.6) is 0 Å². The molecule has 0 aliphatic carbocycles. The van der Waals surface area contributed by atoms with E-state index in [9.17, 15) is 4.79 Å². The van der Waals surface area contributed by atoms with E-state index >= 15 is 0 Å². The molecule has 0 saturated heterocycles. The molecule has 0 unspecified atom stereocenters. The first kappa shape index (κ1) is 13.2. The van der Waals surface area contributed by atoms with Crippen molar-refractivity contribution in [3.05, 3.63) is 22.4 Å². The average molecular weight is 243 g/mol. The summed E-state index contributed by atoms with van der Waals surface area (Å²) in [4.78, 5) is 13.4. The van der Waals surface area contributed by atoms with Crippen molar-refractivity contribution >= 4 is 17.2 Å². The van der Waals surface area contributed by atoms with E-state index in [4.69, 9.17) is 10.2 Å². The van der Waals surface area contributed by atoms with E-state index in [1.165, 1.54) is 16.2 Å². The summed E-state index contributed by atoms with van der Waals surface area (Å²) in [6.07, 6.45) is 0. The molecule has 2 N–H and O–H groups in total. The van der Waals surface area contributed by atoms with Crippen molar-refractivity contribution in [2.24, 2.45) is 5.41 Å². The maximum atomic E-state index is 11.9. The number of hydrogen-bond acceptors (Lipinski definition) is 4. The number of aliphatic hydroxyl groups is 2. The fourth-order valence-electron chi connectivity index (χ4n) is 1.40. The van der Waals surface area contributed by atoms with Crippen molar-refractivity contribution in [2.75, 3.05) is 26.8 Å². The van der Waals surface area contributed by atoms with Crippen molar-refractivity contribution in [3.63, 3.8) is 0 Å². The van der Waals surface area contributed by atoms with Crippen LogP contribution in [-0.4, -0.2) is 47.8 Å². The van der Waals surface area contributed by atoms with E-state index < -0.39 is 5.41 Å². The summed E-state index contributed by atoms with van der Waals surface area (Å²) in [5.74, 6) is -0.0885. The van der Waals surface area contributed by atoms with Crippen LogP contribution in [0.4, 0.5) is 0 Å². The molecule has 0 atom stereocenters. The van der Waals surface area contributed by atoms with E-state index in [1.54, 1.807) is 25.4 Å². The van der Waals surface area contributed by atoms with E-state index in [-0.39, 0.29) is 19.1 Å². The van der Waals surface area contributed by atoms with Crippen molar-refractivity contribution in [1.82, 2.24) is 4.90 Å². The molecule has 0 saturated carbocycles. The first-order valence-corrected chi connectivity index (χ1v) is 5.96. The molecule has 5 heteroatoms. The lowest BCUT2D eigenvalue weighted by molar-refractivity contribution is 0.0366. The van der Waals surface area contributed by atoms with Gasteiger partial charge in [0.1, 0.15) is 0 Å². The third kappa shape index (κ3) is 3.04. The summed E-state index contributed by atoms with van der Waals surface area (Å²) in [5, 5.41) is 21.9. The van der Waals surface area contributed by atoms with Crippen molar-refractivity contribution < 1.29 is 15.0 Å². The van der Waals surface area contributed by atoms with Gasteiger partial charge in [0.2, 0.25) is 0 Å². The van der Waals surface area contributed by atoms with Crippen LogP contribution in [0.15, 0.2) is 16.8 Å². The average Bonchev–Trinajstić information content (AvgIpc) is 2.81. The first-order valence-electron chi connectivity index (χ1n) is 5.02. The van der Waals surface area contributed by atoms with Crippen LogP contribution in [0.3, 0.4) is 0 Å². The van der Waals surface area contributed by atoms with Crippen LogP contribution in [-0.2, 0) is 0 Å². The lowest BCUT2D eigenvalue weighted by Gasteiger charge is -2.30. The topological polar surface area (TPSA) is 60.8 Å². The molecule has 90 valence electrons. The van der Waals surface area contributed by atoms with Gasteiger partial charge in [-0.3, -0.25) is 4.79 Å². The number of aliphatic hydroxyl groups excluding tert-OH is 2. The van der Waals surface area contributed by atoms with Gasteiger partial charge in [0.25, 0.3) is 5.91 Å². The summed E-state index contributed by atoms with van der Waals surface area (Å²) in [6.45, 7) is 1.77. The SMILES string of the molecule is CN(CC(C)(CO)CO)C(=O)c1ccsc1. The monoisotopic (exact) mass is 243 g/mol. The van der Waals surface area contributed by atoms with Gasteiger partial charge in [0.15, 0.2) is 0 Å². The number of carbonyl (C=O) groups is 1. The van der Waals surface area contributed by atoms with E-state index in [1.807, 2.05) is 5.38 Å². The van der Waals surface area contributed by atoms with Crippen LogP contribution in [0.2, 0.25) is 0 Å². The van der Waals surface area contributed by atoms with Gasteiger partial charge in [-0.05, 0) is 11.4 Å². The lowest BCUT2D eigenvalue weighted by Crippen LogP contribution is -2.41. The van der Waals surface area contributed by atoms with Crippen molar-refractivity contribution in [2.45, 2.75) is 6.92 Å². The van der Waals surface area contributed by atoms with Gasteiger partial charge < -0.3 is 15.1 Å². The van der Waals surface area contributed by atoms with Crippen LogP contribution in [0.25, 0.3) is 0 Å². The Morgan fingerprint density at radius 1 is 1.50 bits per heavy atom. The standard InChI is InChI=1S/C11H17NO3S/c1-11(7-13,8-14)6-12(2)10(15)9-3-4-16-5-9/h3-5,13-14H,6-8H2,1-2H3. The Balaban J connectivity index is 2.65. The van der Waals surface area contributed by atoms with E-state index in [2.05, 4.69) is 0 Å². The van der Waals surface area contributed by atoms with Crippen molar-refractivity contribution in [3.8, 4) is 0 Å². The molecule has 0 aromatic carbocycles. The summed E-state index contributed by atoms with van der Waals surface area (Å²) < 4.78 is 0. The van der Waals surface area contributed by atoms with Gasteiger partial charge in [-0.2, -0.15) is 11.3 Å². The van der Waals surface area contributed by atoms with Gasteiger partial charge >= 0.3 is 0 Å². The minimum absolute atomic E-state index is 0.0885. The zero-order chi connectivity index (χ0) is 12.2. The van der Waals surface area contributed by atoms with E-state index in [0.717, 1.165) is 0 Å². The van der Waals surface area contributed by atoms with Crippen LogP contribution < -0.4 is 0 Å². The summed E-state index contributed by atoms with van der Waals surface area (Å²) in [7, 11) is 1.67. The first-order chi connectivity index (χ1) is 7.52. The highest BCUT2D eigenvalue weighted by molar-refractivity contribution is 7.08. The predicted octanol–water partition coefficient (Wildman–Crippen LogP) is 0.811. The number of thiophene rings is 1. The smallest absolute Gasteiger partial charge is 0.254 e. The number of rotatable bonds is 5. The third-order valence-corrected chi connectivity index (χ3v) is 3.18. The molecule has 1 aromatic heterocycles. The molecule has 1 amide bonds. The molecule has 4 nitrogen and oxygen atoms in total. The summed E-state index contributed by atoms with van der Waals surface area (Å²) in [5.41, 5.74) is -0.00816. The Kier molecular flexibility index (Phi) is 4.46. The number of nitrogens with zero attached hydrogens (tertiary/aromatic N) is 1. The number of amides is 1. The number of hydrogen-bond donors (Lipinski definition) is 2. The summed E-state index contributed by atoms with van der Waals surface area (Å²) in [6, 6.07) is 1.76. The fourth-order valence-corrected chi connectivity index (χ4v) is 2.03. The molecule has 1 aromatic rings. The van der Waals surface area contributed by atoms with Crippen LogP contribution in [0, 0.1) is 5.41 Å². The molecular formula is C11H17NO3S. The zero-order valence-corrected chi connectivity index (χ0v) is 10.3. The second kappa shape index (κ2) is 5.43. The lowest BCUT2D eigenvalue weighted by atomic mass is 9.92. The minimum atomic E-state index is -0.652. The number of carbonyl (C=O) groups excluding carboxylic acids is 1. The molecule has 0 aliphatic heterocycles. The molecule has 0 aliphatic rings. The zero-order valence-electron chi connectivity index (χ0n) is 9.51. The Bertz CT molecular complexity index is 333. The molecule has 0 spiro atoms. The minimum Gasteiger partial charge on any atom is -0.396 e. The molecule has 0 bridgehead atoms. The molecule has 1 rings (SSSR count). The highest BCUT2D eigenvalue weighted by atomic mass is 32.1. The third-order valence-electron chi connectivity index (χ3n) is 2.50. The Hall–Kier alpha value is -0.910.